The van der Waals surface area contributed by atoms with Gasteiger partial charge in [-0.25, -0.2) is 0 Å². The molecule has 0 unspecified atom stereocenters. The lowest BCUT2D eigenvalue weighted by atomic mass is 9.96. The minimum Gasteiger partial charge on any atom is -0.308 e. The molecule has 0 spiro atoms. The number of nitrogens with zero attached hydrogens (tertiary/aromatic N) is 1. The first-order valence-corrected chi connectivity index (χ1v) is 13.9. The van der Waals surface area contributed by atoms with E-state index in [1.54, 1.807) is 0 Å². The average molecular weight is 510 g/mol. The summed E-state index contributed by atoms with van der Waals surface area (Å²) in [4.78, 5) is 0. The van der Waals surface area contributed by atoms with Gasteiger partial charge in [-0.2, -0.15) is 0 Å². The van der Waals surface area contributed by atoms with Crippen LogP contribution in [0.15, 0.2) is 146 Å². The minimum atomic E-state index is 1.23. The van der Waals surface area contributed by atoms with E-state index in [4.69, 9.17) is 0 Å². The summed E-state index contributed by atoms with van der Waals surface area (Å²) >= 11 is 0. The summed E-state index contributed by atoms with van der Waals surface area (Å²) in [6.07, 6.45) is 0. The fraction of sp³-hybridized carbons (Fsp3) is 0.0256. The Morgan fingerprint density at radius 3 is 1.77 bits per heavy atom. The Bertz CT molecular complexity index is 2200. The number of fused-ring (bicyclic) bond motifs is 8. The van der Waals surface area contributed by atoms with E-state index in [-0.39, 0.29) is 0 Å². The molecule has 0 aliphatic rings. The van der Waals surface area contributed by atoms with Gasteiger partial charge in [0.2, 0.25) is 0 Å². The van der Waals surface area contributed by atoms with E-state index < -0.39 is 0 Å². The van der Waals surface area contributed by atoms with Crippen LogP contribution in [-0.4, -0.2) is 4.40 Å². The van der Waals surface area contributed by atoms with Crippen molar-refractivity contribution in [3.8, 4) is 33.4 Å². The molecule has 0 bridgehead atoms. The van der Waals surface area contributed by atoms with Crippen molar-refractivity contribution in [2.24, 2.45) is 0 Å². The lowest BCUT2D eigenvalue weighted by molar-refractivity contribution is 1.35. The zero-order chi connectivity index (χ0) is 26.6. The van der Waals surface area contributed by atoms with Gasteiger partial charge in [0.15, 0.2) is 0 Å². The number of aromatic nitrogens is 1. The molecule has 2 heterocycles. The molecular formula is C39H27N. The van der Waals surface area contributed by atoms with Gasteiger partial charge in [0.05, 0.1) is 16.6 Å². The van der Waals surface area contributed by atoms with Gasteiger partial charge in [0.25, 0.3) is 0 Å². The molecule has 0 fully saturated rings. The van der Waals surface area contributed by atoms with Gasteiger partial charge in [-0.1, -0.05) is 139 Å². The molecular weight excluding hydrogens is 482 g/mol. The predicted molar refractivity (Wildman–Crippen MR) is 171 cm³/mol. The Kier molecular flexibility index (Phi) is 5.11. The molecule has 8 aromatic rings. The molecule has 0 atom stereocenters. The van der Waals surface area contributed by atoms with Crippen molar-refractivity contribution >= 4 is 38.1 Å². The topological polar surface area (TPSA) is 4.41 Å². The lowest BCUT2D eigenvalue weighted by Crippen LogP contribution is -1.91. The molecule has 6 aromatic carbocycles. The third-order valence-electron chi connectivity index (χ3n) is 8.22. The third kappa shape index (κ3) is 3.48. The summed E-state index contributed by atoms with van der Waals surface area (Å²) in [5.74, 6) is 0. The number of pyridine rings is 1. The maximum absolute atomic E-state index is 2.49. The molecule has 0 amide bonds. The average Bonchev–Trinajstić information content (AvgIpc) is 3.37. The van der Waals surface area contributed by atoms with Crippen molar-refractivity contribution in [2.45, 2.75) is 6.92 Å². The van der Waals surface area contributed by atoms with Crippen molar-refractivity contribution in [2.75, 3.05) is 0 Å². The maximum atomic E-state index is 2.49. The fourth-order valence-corrected chi connectivity index (χ4v) is 6.37. The molecule has 2 aromatic heterocycles. The van der Waals surface area contributed by atoms with Crippen LogP contribution < -0.4 is 0 Å². The summed E-state index contributed by atoms with van der Waals surface area (Å²) in [7, 11) is 0. The van der Waals surface area contributed by atoms with Gasteiger partial charge in [-0.05, 0) is 52.3 Å². The van der Waals surface area contributed by atoms with E-state index in [9.17, 15) is 0 Å². The van der Waals surface area contributed by atoms with Crippen LogP contribution >= 0.6 is 0 Å². The van der Waals surface area contributed by atoms with Crippen LogP contribution in [0.25, 0.3) is 71.5 Å². The van der Waals surface area contributed by atoms with Crippen LogP contribution in [0, 0.1) is 6.92 Å². The molecule has 1 nitrogen and oxygen atoms in total. The third-order valence-corrected chi connectivity index (χ3v) is 8.22. The Hall–Kier alpha value is -5.14. The first-order valence-electron chi connectivity index (χ1n) is 13.9. The normalized spacial score (nSPS) is 11.6. The smallest absolute Gasteiger partial charge is 0.0625 e. The molecule has 188 valence electrons. The molecule has 0 aliphatic heterocycles. The molecule has 0 aliphatic carbocycles. The second kappa shape index (κ2) is 8.97. The zero-order valence-electron chi connectivity index (χ0n) is 22.3. The Morgan fingerprint density at radius 2 is 0.975 bits per heavy atom. The number of para-hydroxylation sites is 1. The monoisotopic (exact) mass is 509 g/mol. The van der Waals surface area contributed by atoms with Crippen LogP contribution in [0.1, 0.15) is 5.56 Å². The Labute approximate surface area is 233 Å². The fourth-order valence-electron chi connectivity index (χ4n) is 6.37. The molecule has 0 N–H and O–H groups in total. The summed E-state index contributed by atoms with van der Waals surface area (Å²) in [6, 6.07) is 53.1. The molecule has 40 heavy (non-hydrogen) atoms. The minimum absolute atomic E-state index is 1.23. The maximum Gasteiger partial charge on any atom is 0.0625 e. The van der Waals surface area contributed by atoms with Crippen molar-refractivity contribution < 1.29 is 0 Å². The van der Waals surface area contributed by atoms with E-state index >= 15 is 0 Å². The van der Waals surface area contributed by atoms with Crippen LogP contribution in [-0.2, 0) is 0 Å². The highest BCUT2D eigenvalue weighted by atomic mass is 14.9. The molecule has 8 rings (SSSR count). The standard InChI is InChI=1S/C39H27N/c1-26-10-9-13-30(24-26)31-22-23-35-37(25-31)40-36-17-8-7-15-33(36)32-14-5-6-16-34(32)39(40)38(35)29-20-18-28(19-21-29)27-11-3-2-4-12-27/h2-25H,1H3. The summed E-state index contributed by atoms with van der Waals surface area (Å²) in [5.41, 5.74) is 12.5. The number of benzene rings is 6. The van der Waals surface area contributed by atoms with Crippen molar-refractivity contribution in [1.82, 2.24) is 4.40 Å². The van der Waals surface area contributed by atoms with E-state index in [0.717, 1.165) is 0 Å². The molecule has 0 saturated heterocycles. The van der Waals surface area contributed by atoms with Gasteiger partial charge in [-0.15, -0.1) is 0 Å². The molecule has 1 heteroatoms. The van der Waals surface area contributed by atoms with Gasteiger partial charge in [0, 0.05) is 21.7 Å². The quantitative estimate of drug-likeness (QED) is 0.209. The van der Waals surface area contributed by atoms with Crippen LogP contribution in [0.2, 0.25) is 0 Å². The number of hydrogen-bond acceptors (Lipinski definition) is 0. The largest absolute Gasteiger partial charge is 0.308 e. The van der Waals surface area contributed by atoms with Crippen LogP contribution in [0.4, 0.5) is 0 Å². The Morgan fingerprint density at radius 1 is 0.375 bits per heavy atom. The highest BCUT2D eigenvalue weighted by Gasteiger charge is 2.20. The van der Waals surface area contributed by atoms with Crippen LogP contribution in [0.3, 0.4) is 0 Å². The lowest BCUT2D eigenvalue weighted by Gasteiger charge is -2.12. The van der Waals surface area contributed by atoms with Crippen molar-refractivity contribution in [3.63, 3.8) is 0 Å². The highest BCUT2D eigenvalue weighted by molar-refractivity contribution is 6.22. The van der Waals surface area contributed by atoms with Gasteiger partial charge < -0.3 is 4.40 Å². The number of rotatable bonds is 3. The van der Waals surface area contributed by atoms with Crippen LogP contribution in [0.5, 0.6) is 0 Å². The predicted octanol–water partition coefficient (Wildman–Crippen LogP) is 10.7. The van der Waals surface area contributed by atoms with E-state index in [1.165, 1.54) is 77.0 Å². The zero-order valence-corrected chi connectivity index (χ0v) is 22.3. The number of hydrogen-bond donors (Lipinski definition) is 0. The van der Waals surface area contributed by atoms with Gasteiger partial charge in [0.1, 0.15) is 0 Å². The first-order chi connectivity index (χ1) is 19.8. The number of aryl methyl sites for hydroxylation is 1. The van der Waals surface area contributed by atoms with E-state index in [1.807, 2.05) is 0 Å². The van der Waals surface area contributed by atoms with E-state index in [2.05, 4.69) is 157 Å². The first kappa shape index (κ1) is 22.8. The van der Waals surface area contributed by atoms with Crippen molar-refractivity contribution in [3.05, 3.63) is 151 Å². The highest BCUT2D eigenvalue weighted by Crippen LogP contribution is 2.43. The summed E-state index contributed by atoms with van der Waals surface area (Å²) in [6.45, 7) is 2.16. The van der Waals surface area contributed by atoms with E-state index in [0.29, 0.717) is 0 Å². The Balaban J connectivity index is 1.50. The summed E-state index contributed by atoms with van der Waals surface area (Å²) < 4.78 is 2.49. The second-order valence-electron chi connectivity index (χ2n) is 10.7. The van der Waals surface area contributed by atoms with Gasteiger partial charge >= 0.3 is 0 Å². The second-order valence-corrected chi connectivity index (χ2v) is 10.7. The SMILES string of the molecule is Cc1cccc(-c2ccc3c(-c4ccc(-c5ccccc5)cc4)c4c5ccccc5c5ccccc5n4c3c2)c1. The summed E-state index contributed by atoms with van der Waals surface area (Å²) in [5, 5.41) is 5.10. The van der Waals surface area contributed by atoms with Crippen molar-refractivity contribution in [1.29, 1.82) is 0 Å². The molecule has 0 saturated carbocycles. The van der Waals surface area contributed by atoms with Gasteiger partial charge in [-0.3, -0.25) is 0 Å². The molecule has 0 radical (unpaired) electrons.